The summed E-state index contributed by atoms with van der Waals surface area (Å²) >= 11 is 0. The summed E-state index contributed by atoms with van der Waals surface area (Å²) < 4.78 is 0. The van der Waals surface area contributed by atoms with Crippen molar-refractivity contribution < 1.29 is 14.4 Å². The maximum atomic E-state index is 12.8. The lowest BCUT2D eigenvalue weighted by Crippen LogP contribution is -2.53. The Kier molecular flexibility index (Phi) is 5.75. The first-order chi connectivity index (χ1) is 11.0. The monoisotopic (exact) mass is 358 g/mol. The lowest BCUT2D eigenvalue weighted by Gasteiger charge is -2.30. The standard InChI is InChI=1S/C16H26N4O3.ClH/c1-11(13(21)19-9-5-6-12(19)10-17-2)20-14(22)16(18-15(20)23)7-3-4-8-16;/h11-12,17H,3-10H2,1-2H3,(H,18,23);1H. The Balaban J connectivity index is 0.00000208. The number of hydrogen-bond acceptors (Lipinski definition) is 4. The van der Waals surface area contributed by atoms with Crippen LogP contribution in [-0.4, -0.2) is 65.4 Å². The molecule has 1 aliphatic carbocycles. The molecule has 3 aliphatic rings. The quantitative estimate of drug-likeness (QED) is 0.731. The van der Waals surface area contributed by atoms with E-state index in [1.165, 1.54) is 0 Å². The normalized spacial score (nSPS) is 26.7. The predicted molar refractivity (Wildman–Crippen MR) is 91.9 cm³/mol. The van der Waals surface area contributed by atoms with Crippen LogP contribution in [0.2, 0.25) is 0 Å². The molecule has 2 aliphatic heterocycles. The number of imide groups is 1. The molecule has 8 heteroatoms. The van der Waals surface area contributed by atoms with Crippen LogP contribution in [0.1, 0.15) is 45.4 Å². The SMILES string of the molecule is CNCC1CCCN1C(=O)C(C)N1C(=O)NC2(CCCC2)C1=O.Cl. The van der Waals surface area contributed by atoms with Crippen LogP contribution >= 0.6 is 12.4 Å². The molecular weight excluding hydrogens is 332 g/mol. The number of urea groups is 1. The first-order valence-corrected chi connectivity index (χ1v) is 8.61. The zero-order valence-corrected chi connectivity index (χ0v) is 15.2. The van der Waals surface area contributed by atoms with Crippen LogP contribution in [-0.2, 0) is 9.59 Å². The van der Waals surface area contributed by atoms with Crippen molar-refractivity contribution in [2.45, 2.75) is 63.1 Å². The van der Waals surface area contributed by atoms with E-state index in [1.807, 2.05) is 11.9 Å². The molecule has 24 heavy (non-hydrogen) atoms. The largest absolute Gasteiger partial charge is 0.337 e. The van der Waals surface area contributed by atoms with Gasteiger partial charge in [0.05, 0.1) is 0 Å². The molecule has 3 rings (SSSR count). The van der Waals surface area contributed by atoms with Crippen molar-refractivity contribution >= 4 is 30.3 Å². The number of amides is 4. The van der Waals surface area contributed by atoms with Crippen molar-refractivity contribution in [2.75, 3.05) is 20.1 Å². The Morgan fingerprint density at radius 2 is 2.00 bits per heavy atom. The average Bonchev–Trinajstić information content (AvgIpc) is 3.21. The highest BCUT2D eigenvalue weighted by Gasteiger charge is 2.55. The molecular formula is C16H27ClN4O3. The van der Waals surface area contributed by atoms with Crippen LogP contribution in [0.4, 0.5) is 4.79 Å². The number of nitrogens with zero attached hydrogens (tertiary/aromatic N) is 2. The number of rotatable bonds is 4. The van der Waals surface area contributed by atoms with Crippen molar-refractivity contribution in [1.82, 2.24) is 20.4 Å². The van der Waals surface area contributed by atoms with E-state index < -0.39 is 17.6 Å². The average molecular weight is 359 g/mol. The zero-order valence-electron chi connectivity index (χ0n) is 14.3. The van der Waals surface area contributed by atoms with Gasteiger partial charge in [-0.05, 0) is 39.7 Å². The summed E-state index contributed by atoms with van der Waals surface area (Å²) in [6.07, 6.45) is 5.18. The highest BCUT2D eigenvalue weighted by molar-refractivity contribution is 6.10. The van der Waals surface area contributed by atoms with Crippen LogP contribution < -0.4 is 10.6 Å². The second kappa shape index (κ2) is 7.27. The van der Waals surface area contributed by atoms with Gasteiger partial charge in [-0.15, -0.1) is 12.4 Å². The van der Waals surface area contributed by atoms with Crippen molar-refractivity contribution in [1.29, 1.82) is 0 Å². The smallest absolute Gasteiger partial charge is 0.325 e. The maximum Gasteiger partial charge on any atom is 0.325 e. The third-order valence-electron chi connectivity index (χ3n) is 5.49. The number of hydrogen-bond donors (Lipinski definition) is 2. The summed E-state index contributed by atoms with van der Waals surface area (Å²) in [5.41, 5.74) is -0.749. The zero-order chi connectivity index (χ0) is 16.6. The van der Waals surface area contributed by atoms with E-state index >= 15 is 0 Å². The molecule has 2 heterocycles. The Morgan fingerprint density at radius 1 is 1.33 bits per heavy atom. The second-order valence-corrected chi connectivity index (χ2v) is 6.96. The van der Waals surface area contributed by atoms with Gasteiger partial charge in [-0.25, -0.2) is 9.69 Å². The Bertz CT molecular complexity index is 521. The first kappa shape index (κ1) is 19.0. The van der Waals surface area contributed by atoms with Gasteiger partial charge in [-0.1, -0.05) is 12.8 Å². The third kappa shape index (κ3) is 2.99. The summed E-state index contributed by atoms with van der Waals surface area (Å²) in [6, 6.07) is -1.00. The predicted octanol–water partition coefficient (Wildman–Crippen LogP) is 0.872. The maximum absolute atomic E-state index is 12.8. The van der Waals surface area contributed by atoms with Gasteiger partial charge in [0.1, 0.15) is 11.6 Å². The van der Waals surface area contributed by atoms with Crippen LogP contribution in [0.25, 0.3) is 0 Å². The number of nitrogens with one attached hydrogen (secondary N) is 2. The molecule has 2 saturated heterocycles. The lowest BCUT2D eigenvalue weighted by molar-refractivity contribution is -0.143. The minimum atomic E-state index is -0.749. The molecule has 2 unspecified atom stereocenters. The molecule has 0 aromatic carbocycles. The minimum absolute atomic E-state index is 0. The minimum Gasteiger partial charge on any atom is -0.337 e. The van der Waals surface area contributed by atoms with Gasteiger partial charge in [0, 0.05) is 19.1 Å². The van der Waals surface area contributed by atoms with E-state index in [1.54, 1.807) is 6.92 Å². The van der Waals surface area contributed by atoms with Crippen LogP contribution in [0, 0.1) is 0 Å². The van der Waals surface area contributed by atoms with Crippen LogP contribution in [0.3, 0.4) is 0 Å². The Labute approximate surface area is 148 Å². The molecule has 1 saturated carbocycles. The second-order valence-electron chi connectivity index (χ2n) is 6.96. The summed E-state index contributed by atoms with van der Waals surface area (Å²) in [6.45, 7) is 3.11. The van der Waals surface area contributed by atoms with E-state index in [4.69, 9.17) is 0 Å². The number of carbonyl (C=O) groups is 3. The molecule has 0 radical (unpaired) electrons. The molecule has 2 atom stereocenters. The summed E-state index contributed by atoms with van der Waals surface area (Å²) in [7, 11) is 1.87. The molecule has 1 spiro atoms. The van der Waals surface area contributed by atoms with Crippen molar-refractivity contribution in [3.8, 4) is 0 Å². The number of likely N-dealkylation sites (tertiary alicyclic amines) is 1. The third-order valence-corrected chi connectivity index (χ3v) is 5.49. The van der Waals surface area contributed by atoms with Gasteiger partial charge in [-0.2, -0.15) is 0 Å². The van der Waals surface area contributed by atoms with Crippen molar-refractivity contribution in [3.63, 3.8) is 0 Å². The molecule has 2 N–H and O–H groups in total. The van der Waals surface area contributed by atoms with Gasteiger partial charge in [0.15, 0.2) is 0 Å². The molecule has 7 nitrogen and oxygen atoms in total. The molecule has 3 fully saturated rings. The van der Waals surface area contributed by atoms with Gasteiger partial charge >= 0.3 is 6.03 Å². The van der Waals surface area contributed by atoms with E-state index in [0.29, 0.717) is 19.4 Å². The fraction of sp³-hybridized carbons (Fsp3) is 0.812. The summed E-state index contributed by atoms with van der Waals surface area (Å²) in [4.78, 5) is 40.9. The molecule has 0 aromatic rings. The number of carbonyl (C=O) groups excluding carboxylic acids is 3. The highest BCUT2D eigenvalue weighted by Crippen LogP contribution is 2.36. The summed E-state index contributed by atoms with van der Waals surface area (Å²) in [5, 5.41) is 5.95. The van der Waals surface area contributed by atoms with Gasteiger partial charge < -0.3 is 15.5 Å². The fourth-order valence-corrected chi connectivity index (χ4v) is 4.23. The van der Waals surface area contributed by atoms with E-state index in [9.17, 15) is 14.4 Å². The van der Waals surface area contributed by atoms with Crippen molar-refractivity contribution in [2.24, 2.45) is 0 Å². The number of halogens is 1. The highest BCUT2D eigenvalue weighted by atomic mass is 35.5. The van der Waals surface area contributed by atoms with Crippen molar-refractivity contribution in [3.05, 3.63) is 0 Å². The Hall–Kier alpha value is -1.34. The molecule has 136 valence electrons. The molecule has 0 bridgehead atoms. The fourth-order valence-electron chi connectivity index (χ4n) is 4.23. The van der Waals surface area contributed by atoms with Gasteiger partial charge in [0.2, 0.25) is 5.91 Å². The topological polar surface area (TPSA) is 81.8 Å². The molecule has 0 aromatic heterocycles. The van der Waals surface area contributed by atoms with Gasteiger partial charge in [0.25, 0.3) is 5.91 Å². The lowest BCUT2D eigenvalue weighted by atomic mass is 9.97. The van der Waals surface area contributed by atoms with E-state index in [-0.39, 0.29) is 30.3 Å². The number of likely N-dealkylation sites (N-methyl/N-ethyl adjacent to an activating group) is 1. The Morgan fingerprint density at radius 3 is 2.62 bits per heavy atom. The van der Waals surface area contributed by atoms with Crippen LogP contribution in [0.5, 0.6) is 0 Å². The van der Waals surface area contributed by atoms with Crippen LogP contribution in [0.15, 0.2) is 0 Å². The van der Waals surface area contributed by atoms with E-state index in [0.717, 1.165) is 37.1 Å². The first-order valence-electron chi connectivity index (χ1n) is 8.61. The molecule has 4 amide bonds. The van der Waals surface area contributed by atoms with Gasteiger partial charge in [-0.3, -0.25) is 9.59 Å². The van der Waals surface area contributed by atoms with E-state index in [2.05, 4.69) is 10.6 Å². The summed E-state index contributed by atoms with van der Waals surface area (Å²) in [5.74, 6) is -0.341.